The minimum Gasteiger partial charge on any atom is -0.456 e. The summed E-state index contributed by atoms with van der Waals surface area (Å²) < 4.78 is 6.45. The normalized spacial score (nSPS) is 12.1. The predicted octanol–water partition coefficient (Wildman–Crippen LogP) is 10.7. The highest BCUT2D eigenvalue weighted by Crippen LogP contribution is 2.48. The van der Waals surface area contributed by atoms with Crippen LogP contribution in [0.5, 0.6) is 11.5 Å². The van der Waals surface area contributed by atoms with E-state index >= 15 is 0 Å². The average molecular weight is 520 g/mol. The van der Waals surface area contributed by atoms with Crippen LogP contribution in [0.2, 0.25) is 0 Å². The maximum Gasteiger partial charge on any atom is 0.136 e. The molecule has 188 valence electrons. The Labute approximate surface area is 236 Å². The van der Waals surface area contributed by atoms with Crippen LogP contribution in [-0.4, -0.2) is 0 Å². The summed E-state index contributed by atoms with van der Waals surface area (Å²) in [6.07, 6.45) is 0. The minimum atomic E-state index is 0.666. The van der Waals surface area contributed by atoms with Gasteiger partial charge in [0.2, 0.25) is 0 Å². The molecule has 0 saturated carbocycles. The highest BCUT2D eigenvalue weighted by atomic mass is 16.5. The van der Waals surface area contributed by atoms with E-state index in [0.29, 0.717) is 5.56 Å². The molecule has 1 aliphatic rings. The Morgan fingerprint density at radius 3 is 1.76 bits per heavy atom. The first-order chi connectivity index (χ1) is 20.2. The Bertz CT molecular complexity index is 2330. The molecule has 41 heavy (non-hydrogen) atoms. The van der Waals surface area contributed by atoms with E-state index in [-0.39, 0.29) is 0 Å². The Balaban J connectivity index is 1.19. The van der Waals surface area contributed by atoms with Gasteiger partial charge >= 0.3 is 0 Å². The molecule has 8 aromatic carbocycles. The Morgan fingerprint density at radius 1 is 0.439 bits per heavy atom. The SMILES string of the molecule is N#Cc1ccc2c3c(cccc13)-c1ccc(-c3cc4ccc5cc(-c6ccccc6)cc6ccc(c3)c4c56)cc1O2. The quantitative estimate of drug-likeness (QED) is 0.213. The Kier molecular flexibility index (Phi) is 4.43. The molecule has 0 unspecified atom stereocenters. The van der Waals surface area contributed by atoms with Crippen LogP contribution in [0.4, 0.5) is 0 Å². The van der Waals surface area contributed by atoms with Crippen molar-refractivity contribution >= 4 is 43.1 Å². The van der Waals surface area contributed by atoms with E-state index in [4.69, 9.17) is 4.74 Å². The van der Waals surface area contributed by atoms with Crippen LogP contribution in [0.25, 0.3) is 76.5 Å². The molecule has 0 bridgehead atoms. The third kappa shape index (κ3) is 3.18. The van der Waals surface area contributed by atoms with Gasteiger partial charge in [-0.05, 0) is 109 Å². The third-order valence-electron chi connectivity index (χ3n) is 8.59. The van der Waals surface area contributed by atoms with Crippen molar-refractivity contribution in [1.82, 2.24) is 0 Å². The van der Waals surface area contributed by atoms with Crippen molar-refractivity contribution in [3.05, 3.63) is 133 Å². The molecule has 2 heteroatoms. The number of benzene rings is 8. The van der Waals surface area contributed by atoms with E-state index in [2.05, 4.69) is 109 Å². The highest BCUT2D eigenvalue weighted by Gasteiger charge is 2.22. The van der Waals surface area contributed by atoms with Crippen LogP contribution in [0, 0.1) is 11.3 Å². The van der Waals surface area contributed by atoms with Gasteiger partial charge < -0.3 is 4.74 Å². The molecular weight excluding hydrogens is 498 g/mol. The van der Waals surface area contributed by atoms with E-state index in [9.17, 15) is 5.26 Å². The summed E-state index contributed by atoms with van der Waals surface area (Å²) in [4.78, 5) is 0. The molecule has 0 aliphatic carbocycles. The van der Waals surface area contributed by atoms with Crippen molar-refractivity contribution in [2.24, 2.45) is 0 Å². The zero-order valence-electron chi connectivity index (χ0n) is 22.0. The second-order valence-corrected chi connectivity index (χ2v) is 10.9. The van der Waals surface area contributed by atoms with E-state index in [0.717, 1.165) is 44.5 Å². The monoisotopic (exact) mass is 519 g/mol. The van der Waals surface area contributed by atoms with Crippen molar-refractivity contribution < 1.29 is 4.74 Å². The van der Waals surface area contributed by atoms with Gasteiger partial charge in [-0.25, -0.2) is 0 Å². The van der Waals surface area contributed by atoms with Crippen LogP contribution in [0.3, 0.4) is 0 Å². The molecule has 8 aromatic rings. The lowest BCUT2D eigenvalue weighted by Gasteiger charge is -2.22. The van der Waals surface area contributed by atoms with Gasteiger partial charge in [0.15, 0.2) is 0 Å². The molecule has 1 heterocycles. The zero-order chi connectivity index (χ0) is 27.1. The van der Waals surface area contributed by atoms with Gasteiger partial charge in [-0.2, -0.15) is 5.26 Å². The standard InChI is InChI=1S/C39H21NO/c40-22-29-14-16-35-39-32(29)7-4-8-34(39)33-15-13-24(21-36(33)41-35)31-19-27-11-9-25-17-30(23-5-2-1-3-6-23)18-26-10-12-28(20-31)38(27)37(25)26/h1-21H. The molecule has 0 N–H and O–H groups in total. The van der Waals surface area contributed by atoms with Crippen LogP contribution < -0.4 is 4.74 Å². The molecule has 9 rings (SSSR count). The fourth-order valence-electron chi connectivity index (χ4n) is 6.71. The molecule has 0 spiro atoms. The molecule has 0 atom stereocenters. The minimum absolute atomic E-state index is 0.666. The molecule has 0 amide bonds. The van der Waals surface area contributed by atoms with Crippen LogP contribution in [0.1, 0.15) is 5.56 Å². The van der Waals surface area contributed by atoms with E-state index in [1.165, 1.54) is 43.4 Å². The smallest absolute Gasteiger partial charge is 0.136 e. The third-order valence-corrected chi connectivity index (χ3v) is 8.59. The summed E-state index contributed by atoms with van der Waals surface area (Å²) in [5.41, 5.74) is 7.58. The molecule has 0 saturated heterocycles. The van der Waals surface area contributed by atoms with Gasteiger partial charge in [-0.15, -0.1) is 0 Å². The first-order valence-corrected chi connectivity index (χ1v) is 13.8. The Hall–Kier alpha value is -5.65. The number of hydrogen-bond acceptors (Lipinski definition) is 2. The lowest BCUT2D eigenvalue weighted by Crippen LogP contribution is -1.98. The number of rotatable bonds is 2. The van der Waals surface area contributed by atoms with E-state index in [1.54, 1.807) is 0 Å². The molecule has 0 fully saturated rings. The summed E-state index contributed by atoms with van der Waals surface area (Å²) in [5, 5.41) is 19.2. The Morgan fingerprint density at radius 2 is 1.10 bits per heavy atom. The number of ether oxygens (including phenoxy) is 1. The van der Waals surface area contributed by atoms with E-state index < -0.39 is 0 Å². The fraction of sp³-hybridized carbons (Fsp3) is 0. The van der Waals surface area contributed by atoms with Crippen LogP contribution in [-0.2, 0) is 0 Å². The predicted molar refractivity (Wildman–Crippen MR) is 169 cm³/mol. The maximum atomic E-state index is 9.61. The van der Waals surface area contributed by atoms with Crippen molar-refractivity contribution in [2.75, 3.05) is 0 Å². The van der Waals surface area contributed by atoms with Gasteiger partial charge in [-0.1, -0.05) is 78.9 Å². The van der Waals surface area contributed by atoms with Crippen molar-refractivity contribution in [3.8, 4) is 50.9 Å². The van der Waals surface area contributed by atoms with Gasteiger partial charge in [0.25, 0.3) is 0 Å². The second-order valence-electron chi connectivity index (χ2n) is 10.9. The second kappa shape index (κ2) is 8.18. The maximum absolute atomic E-state index is 9.61. The highest BCUT2D eigenvalue weighted by molar-refractivity contribution is 6.24. The molecule has 0 aromatic heterocycles. The number of fused-ring (bicyclic) bond motifs is 2. The number of hydrogen-bond donors (Lipinski definition) is 0. The van der Waals surface area contributed by atoms with Crippen molar-refractivity contribution in [3.63, 3.8) is 0 Å². The lowest BCUT2D eigenvalue weighted by atomic mass is 9.88. The van der Waals surface area contributed by atoms with Crippen molar-refractivity contribution in [2.45, 2.75) is 0 Å². The van der Waals surface area contributed by atoms with Gasteiger partial charge in [0.1, 0.15) is 11.5 Å². The number of nitriles is 1. The van der Waals surface area contributed by atoms with Crippen molar-refractivity contribution in [1.29, 1.82) is 5.26 Å². The van der Waals surface area contributed by atoms with Crippen LogP contribution in [0.15, 0.2) is 127 Å². The average Bonchev–Trinajstić information content (AvgIpc) is 3.03. The summed E-state index contributed by atoms with van der Waals surface area (Å²) in [5.74, 6) is 1.63. The van der Waals surface area contributed by atoms with Gasteiger partial charge in [0.05, 0.1) is 11.6 Å². The summed E-state index contributed by atoms with van der Waals surface area (Å²) in [7, 11) is 0. The molecule has 1 aliphatic heterocycles. The molecule has 2 nitrogen and oxygen atoms in total. The van der Waals surface area contributed by atoms with Gasteiger partial charge in [0, 0.05) is 16.3 Å². The summed E-state index contributed by atoms with van der Waals surface area (Å²) >= 11 is 0. The first kappa shape index (κ1) is 22.2. The summed E-state index contributed by atoms with van der Waals surface area (Å²) in [6, 6.07) is 47.5. The van der Waals surface area contributed by atoms with Gasteiger partial charge in [-0.3, -0.25) is 0 Å². The topological polar surface area (TPSA) is 33.0 Å². The van der Waals surface area contributed by atoms with E-state index in [1.807, 2.05) is 24.3 Å². The lowest BCUT2D eigenvalue weighted by molar-refractivity contribution is 0.487. The zero-order valence-corrected chi connectivity index (χ0v) is 22.0. The molecule has 0 radical (unpaired) electrons. The summed E-state index contributed by atoms with van der Waals surface area (Å²) in [6.45, 7) is 0. The number of nitrogens with zero attached hydrogens (tertiary/aromatic N) is 1. The van der Waals surface area contributed by atoms with Crippen LogP contribution >= 0.6 is 0 Å². The first-order valence-electron chi connectivity index (χ1n) is 13.8. The fourth-order valence-corrected chi connectivity index (χ4v) is 6.71. The molecular formula is C39H21NO. The largest absolute Gasteiger partial charge is 0.456 e.